The number of nitriles is 1. The minimum Gasteiger partial charge on any atom is -0.481 e. The number of carbonyl (C=O) groups is 1. The summed E-state index contributed by atoms with van der Waals surface area (Å²) in [4.78, 5) is 15.8. The fourth-order valence-corrected chi connectivity index (χ4v) is 6.69. The molecule has 0 unspecified atom stereocenters. The molecule has 1 N–H and O–H groups in total. The van der Waals surface area contributed by atoms with Crippen LogP contribution in [0.1, 0.15) is 84.5 Å². The van der Waals surface area contributed by atoms with Crippen molar-refractivity contribution in [2.45, 2.75) is 84.5 Å². The van der Waals surface area contributed by atoms with Crippen LogP contribution >= 0.6 is 12.4 Å². The molecule has 5 rings (SSSR count). The summed E-state index contributed by atoms with van der Waals surface area (Å²) in [6.45, 7) is 5.97. The molecule has 2 aliphatic carbocycles. The van der Waals surface area contributed by atoms with Crippen molar-refractivity contribution in [3.05, 3.63) is 75.5 Å². The molecule has 0 bridgehead atoms. The summed E-state index contributed by atoms with van der Waals surface area (Å²) in [6.07, 6.45) is 2.78. The molecular weight excluding hydrogens is 605 g/mol. The first-order chi connectivity index (χ1) is 21.0. The van der Waals surface area contributed by atoms with E-state index < -0.39 is 17.7 Å². The number of carboxylic acids is 1. The first-order valence-corrected chi connectivity index (χ1v) is 15.5. The van der Waals surface area contributed by atoms with E-state index in [0.717, 1.165) is 75.0 Å². The van der Waals surface area contributed by atoms with Crippen molar-refractivity contribution >= 4 is 29.9 Å². The number of hydrogen-bond acceptors (Lipinski definition) is 6. The van der Waals surface area contributed by atoms with Gasteiger partial charge in [0, 0.05) is 37.9 Å². The van der Waals surface area contributed by atoms with Gasteiger partial charge in [0.05, 0.1) is 28.8 Å². The molecule has 0 amide bonds. The van der Waals surface area contributed by atoms with Gasteiger partial charge < -0.3 is 19.4 Å². The molecule has 1 heterocycles. The Bertz CT molecular complexity index is 1530. The molecule has 2 aromatic carbocycles. The van der Waals surface area contributed by atoms with Crippen LogP contribution in [0.4, 0.5) is 24.7 Å². The minimum absolute atomic E-state index is 0. The van der Waals surface area contributed by atoms with Gasteiger partial charge in [0.1, 0.15) is 0 Å². The minimum atomic E-state index is -4.58. The molecule has 0 atom stereocenters. The van der Waals surface area contributed by atoms with Crippen molar-refractivity contribution < 1.29 is 27.6 Å². The van der Waals surface area contributed by atoms with Gasteiger partial charge in [-0.3, -0.25) is 4.79 Å². The van der Waals surface area contributed by atoms with Gasteiger partial charge in [-0.25, -0.2) is 0 Å². The number of fused-ring (bicyclic) bond motifs is 1. The number of benzene rings is 2. The van der Waals surface area contributed by atoms with Crippen molar-refractivity contribution in [3.8, 4) is 6.07 Å². The fraction of sp³-hybridized carbons (Fsp3) is 0.500. The van der Waals surface area contributed by atoms with Gasteiger partial charge >= 0.3 is 12.1 Å². The van der Waals surface area contributed by atoms with Gasteiger partial charge in [0.2, 0.25) is 5.88 Å². The highest BCUT2D eigenvalue weighted by Gasteiger charge is 2.32. The highest BCUT2D eigenvalue weighted by molar-refractivity contribution is 5.85. The topological polar surface area (TPSA) is 93.6 Å². The molecule has 0 radical (unpaired) electrons. The van der Waals surface area contributed by atoms with E-state index in [0.29, 0.717) is 42.4 Å². The maximum absolute atomic E-state index is 13.7. The van der Waals surface area contributed by atoms with Crippen molar-refractivity contribution in [2.24, 2.45) is 11.8 Å². The lowest BCUT2D eigenvalue weighted by molar-refractivity contribution is -0.143. The maximum atomic E-state index is 13.7. The smallest absolute Gasteiger partial charge is 0.416 e. The molecular formula is C34H40ClF3N4O3. The highest BCUT2D eigenvalue weighted by atomic mass is 35.5. The second-order valence-electron chi connectivity index (χ2n) is 12.2. The summed E-state index contributed by atoms with van der Waals surface area (Å²) in [5.41, 5.74) is 4.88. The summed E-state index contributed by atoms with van der Waals surface area (Å²) >= 11 is 0. The Morgan fingerprint density at radius 3 is 2.29 bits per heavy atom. The predicted molar refractivity (Wildman–Crippen MR) is 169 cm³/mol. The lowest BCUT2D eigenvalue weighted by atomic mass is 9.81. The van der Waals surface area contributed by atoms with Crippen LogP contribution in [0.2, 0.25) is 0 Å². The van der Waals surface area contributed by atoms with Crippen LogP contribution in [-0.2, 0) is 36.9 Å². The number of alkyl halides is 3. The average Bonchev–Trinajstić information content (AvgIpc) is 3.45. The summed E-state index contributed by atoms with van der Waals surface area (Å²) in [7, 11) is 0. The van der Waals surface area contributed by atoms with Gasteiger partial charge in [-0.15, -0.1) is 12.4 Å². The number of carboxylic acid groups (broad SMARTS) is 1. The molecule has 3 aromatic rings. The van der Waals surface area contributed by atoms with E-state index in [9.17, 15) is 28.3 Å². The van der Waals surface area contributed by atoms with E-state index in [1.807, 2.05) is 11.0 Å². The molecule has 1 aromatic heterocycles. The average molecular weight is 645 g/mol. The number of halogens is 4. The Labute approximate surface area is 268 Å². The molecule has 0 spiro atoms. The van der Waals surface area contributed by atoms with Gasteiger partial charge in [-0.05, 0) is 118 Å². The van der Waals surface area contributed by atoms with Gasteiger partial charge in [-0.2, -0.15) is 18.4 Å². The molecule has 1 saturated carbocycles. The Morgan fingerprint density at radius 2 is 1.71 bits per heavy atom. The van der Waals surface area contributed by atoms with Crippen LogP contribution in [0.15, 0.2) is 40.9 Å². The van der Waals surface area contributed by atoms with E-state index in [1.165, 1.54) is 17.2 Å². The first kappa shape index (κ1) is 34.2. The standard InChI is InChI=1S/C34H39F3N4O3.ClH/c1-3-40(19-23-8-10-26(11-9-23)33(42)43)31-17-28-7-5-4-6-27(28)16-29(31)21-41(32-12-22(2)39-44-32)20-25-13-24(18-38)14-30(15-25)34(35,36)37;/h12-17,23,26H,3-11,19-21H2,1-2H3,(H,42,43);1H. The molecule has 11 heteroatoms. The monoisotopic (exact) mass is 644 g/mol. The van der Waals surface area contributed by atoms with Crippen LogP contribution in [0.3, 0.4) is 0 Å². The van der Waals surface area contributed by atoms with E-state index in [-0.39, 0.29) is 30.4 Å². The SMILES string of the molecule is CCN(CC1CCC(C(=O)O)CC1)c1cc2c(cc1CN(Cc1cc(C#N)cc(C(F)(F)F)c1)c1cc(C)no1)CCCC2.Cl. The summed E-state index contributed by atoms with van der Waals surface area (Å²) < 4.78 is 46.8. The molecule has 242 valence electrons. The van der Waals surface area contributed by atoms with Crippen molar-refractivity contribution in [1.29, 1.82) is 5.26 Å². The number of nitrogens with zero attached hydrogens (tertiary/aromatic N) is 4. The third kappa shape index (κ3) is 8.31. The van der Waals surface area contributed by atoms with Crippen molar-refractivity contribution in [1.82, 2.24) is 5.16 Å². The second-order valence-corrected chi connectivity index (χ2v) is 12.2. The van der Waals surface area contributed by atoms with Crippen molar-refractivity contribution in [2.75, 3.05) is 22.9 Å². The Morgan fingerprint density at radius 1 is 1.02 bits per heavy atom. The van der Waals surface area contributed by atoms with E-state index in [2.05, 4.69) is 29.1 Å². The van der Waals surface area contributed by atoms with Crippen LogP contribution in [0.25, 0.3) is 0 Å². The second kappa shape index (κ2) is 14.6. The molecule has 2 aliphatic rings. The van der Waals surface area contributed by atoms with Crippen LogP contribution in [-0.4, -0.2) is 29.3 Å². The van der Waals surface area contributed by atoms with Gasteiger partial charge in [0.15, 0.2) is 0 Å². The zero-order chi connectivity index (χ0) is 31.4. The largest absolute Gasteiger partial charge is 0.481 e. The Kier molecular flexibility index (Phi) is 11.1. The van der Waals surface area contributed by atoms with Gasteiger partial charge in [-0.1, -0.05) is 11.2 Å². The van der Waals surface area contributed by atoms with Crippen molar-refractivity contribution in [3.63, 3.8) is 0 Å². The van der Waals surface area contributed by atoms with E-state index >= 15 is 0 Å². The Hall–Kier alpha value is -3.71. The maximum Gasteiger partial charge on any atom is 0.416 e. The quantitative estimate of drug-likeness (QED) is 0.238. The number of anilines is 2. The molecule has 1 fully saturated rings. The normalized spacial score (nSPS) is 18.0. The fourth-order valence-electron chi connectivity index (χ4n) is 6.69. The number of hydrogen-bond donors (Lipinski definition) is 1. The third-order valence-electron chi connectivity index (χ3n) is 9.05. The number of aromatic nitrogens is 1. The highest BCUT2D eigenvalue weighted by Crippen LogP contribution is 2.36. The first-order valence-electron chi connectivity index (χ1n) is 15.5. The molecule has 7 nitrogen and oxygen atoms in total. The van der Waals surface area contributed by atoms with E-state index in [4.69, 9.17) is 4.52 Å². The van der Waals surface area contributed by atoms with E-state index in [1.54, 1.807) is 13.0 Å². The summed E-state index contributed by atoms with van der Waals surface area (Å²) in [5, 5.41) is 23.0. The zero-order valence-corrected chi connectivity index (χ0v) is 26.5. The lowest BCUT2D eigenvalue weighted by Crippen LogP contribution is -2.34. The zero-order valence-electron chi connectivity index (χ0n) is 25.7. The van der Waals surface area contributed by atoms with Crippen LogP contribution < -0.4 is 9.80 Å². The number of aliphatic carboxylic acids is 1. The van der Waals surface area contributed by atoms with Crippen LogP contribution in [0.5, 0.6) is 0 Å². The molecule has 45 heavy (non-hydrogen) atoms. The number of aryl methyl sites for hydroxylation is 3. The third-order valence-corrected chi connectivity index (χ3v) is 9.05. The molecule has 0 saturated heterocycles. The number of rotatable bonds is 10. The van der Waals surface area contributed by atoms with Gasteiger partial charge in [0.25, 0.3) is 0 Å². The molecule has 0 aliphatic heterocycles. The summed E-state index contributed by atoms with van der Waals surface area (Å²) in [6, 6.07) is 11.6. The lowest BCUT2D eigenvalue weighted by Gasteiger charge is -2.35. The Balaban J connectivity index is 0.00000461. The van der Waals surface area contributed by atoms with Crippen LogP contribution in [0, 0.1) is 30.1 Å². The summed E-state index contributed by atoms with van der Waals surface area (Å²) in [5.74, 6) is -0.149. The predicted octanol–water partition coefficient (Wildman–Crippen LogP) is 8.10.